The van der Waals surface area contributed by atoms with E-state index < -0.39 is 6.04 Å². The molecule has 0 spiro atoms. The van der Waals surface area contributed by atoms with E-state index in [4.69, 9.17) is 9.47 Å². The quantitative estimate of drug-likeness (QED) is 0.570. The number of urea groups is 1. The Bertz CT molecular complexity index is 1130. The second kappa shape index (κ2) is 9.30. The normalized spacial score (nSPS) is 15.3. The Hall–Kier alpha value is -3.55. The molecular weight excluding hydrogens is 413 g/mol. The Kier molecular flexibility index (Phi) is 6.30. The van der Waals surface area contributed by atoms with Crippen molar-refractivity contribution in [1.82, 2.24) is 15.2 Å². The summed E-state index contributed by atoms with van der Waals surface area (Å²) in [4.78, 5) is 29.8. The van der Waals surface area contributed by atoms with Gasteiger partial charge in [-0.15, -0.1) is 0 Å². The number of methoxy groups -OCH3 is 1. The van der Waals surface area contributed by atoms with Crippen molar-refractivity contribution in [3.8, 4) is 5.75 Å². The number of nitrogens with one attached hydrogen (secondary N) is 2. The van der Waals surface area contributed by atoms with Crippen LogP contribution in [-0.2, 0) is 16.0 Å². The van der Waals surface area contributed by atoms with Crippen molar-refractivity contribution < 1.29 is 23.5 Å². The zero-order valence-electron chi connectivity index (χ0n) is 18.1. The highest BCUT2D eigenvalue weighted by Gasteiger charge is 2.34. The summed E-state index contributed by atoms with van der Waals surface area (Å²) >= 11 is 0. The predicted octanol–water partition coefficient (Wildman–Crippen LogP) is 3.93. The third-order valence-corrected chi connectivity index (χ3v) is 5.69. The van der Waals surface area contributed by atoms with Crippen molar-refractivity contribution in [1.29, 1.82) is 0 Å². The van der Waals surface area contributed by atoms with E-state index in [-0.39, 0.29) is 30.8 Å². The van der Waals surface area contributed by atoms with Gasteiger partial charge in [-0.1, -0.05) is 12.1 Å². The fourth-order valence-corrected chi connectivity index (χ4v) is 4.21. The van der Waals surface area contributed by atoms with E-state index in [2.05, 4.69) is 10.3 Å². The van der Waals surface area contributed by atoms with E-state index in [1.807, 2.05) is 18.2 Å². The van der Waals surface area contributed by atoms with Crippen LogP contribution in [0.5, 0.6) is 5.75 Å². The number of ether oxygens (including phenoxy) is 2. The lowest BCUT2D eigenvalue weighted by atomic mass is 9.92. The van der Waals surface area contributed by atoms with Crippen LogP contribution in [0.3, 0.4) is 0 Å². The van der Waals surface area contributed by atoms with Gasteiger partial charge in [-0.05, 0) is 54.8 Å². The first-order valence-corrected chi connectivity index (χ1v) is 10.7. The molecule has 7 nitrogen and oxygen atoms in total. The summed E-state index contributed by atoms with van der Waals surface area (Å²) in [5.41, 5.74) is 3.76. The maximum atomic E-state index is 13.6. The molecule has 0 saturated heterocycles. The van der Waals surface area contributed by atoms with Gasteiger partial charge >= 0.3 is 12.0 Å². The van der Waals surface area contributed by atoms with E-state index >= 15 is 0 Å². The smallest absolute Gasteiger partial charge is 0.318 e. The van der Waals surface area contributed by atoms with Gasteiger partial charge in [-0.2, -0.15) is 0 Å². The summed E-state index contributed by atoms with van der Waals surface area (Å²) in [7, 11) is 1.63. The SMILES string of the molecule is CCOC(=O)CCNC(=O)N1CCc2c([nH]c3ccc(OC)cc23)[C@@H]1c1ccc(F)cc1. The summed E-state index contributed by atoms with van der Waals surface area (Å²) in [6.45, 7) is 2.70. The fourth-order valence-electron chi connectivity index (χ4n) is 4.21. The molecule has 2 N–H and O–H groups in total. The van der Waals surface area contributed by atoms with Gasteiger partial charge < -0.3 is 24.7 Å². The van der Waals surface area contributed by atoms with Crippen molar-refractivity contribution in [3.05, 3.63) is 65.1 Å². The van der Waals surface area contributed by atoms with Gasteiger partial charge in [-0.25, -0.2) is 9.18 Å². The zero-order valence-corrected chi connectivity index (χ0v) is 18.1. The first-order chi connectivity index (χ1) is 15.5. The topological polar surface area (TPSA) is 83.7 Å². The molecule has 0 fully saturated rings. The minimum atomic E-state index is -0.416. The number of carbonyl (C=O) groups excluding carboxylic acids is 2. The fraction of sp³-hybridized carbons (Fsp3) is 0.333. The largest absolute Gasteiger partial charge is 0.497 e. The predicted molar refractivity (Wildman–Crippen MR) is 118 cm³/mol. The van der Waals surface area contributed by atoms with Crippen LogP contribution in [0.4, 0.5) is 9.18 Å². The number of nitrogens with zero attached hydrogens (tertiary/aromatic N) is 1. The number of halogens is 1. The molecule has 1 aliphatic heterocycles. The van der Waals surface area contributed by atoms with E-state index in [0.717, 1.165) is 33.5 Å². The number of aromatic nitrogens is 1. The summed E-state index contributed by atoms with van der Waals surface area (Å²) in [6, 6.07) is 11.3. The highest BCUT2D eigenvalue weighted by Crippen LogP contribution is 2.39. The molecule has 2 amide bonds. The maximum absolute atomic E-state index is 13.6. The molecule has 0 saturated carbocycles. The van der Waals surface area contributed by atoms with Crippen LogP contribution in [-0.4, -0.2) is 48.7 Å². The lowest BCUT2D eigenvalue weighted by molar-refractivity contribution is -0.142. The molecule has 2 heterocycles. The highest BCUT2D eigenvalue weighted by molar-refractivity contribution is 5.87. The molecule has 4 rings (SSSR count). The van der Waals surface area contributed by atoms with Gasteiger partial charge in [0, 0.05) is 29.7 Å². The van der Waals surface area contributed by atoms with Gasteiger partial charge in [0.2, 0.25) is 0 Å². The van der Waals surface area contributed by atoms with Gasteiger partial charge in [0.25, 0.3) is 0 Å². The van der Waals surface area contributed by atoms with E-state index in [0.29, 0.717) is 19.6 Å². The monoisotopic (exact) mass is 439 g/mol. The number of esters is 1. The maximum Gasteiger partial charge on any atom is 0.318 e. The van der Waals surface area contributed by atoms with Gasteiger partial charge in [-0.3, -0.25) is 4.79 Å². The summed E-state index contributed by atoms with van der Waals surface area (Å²) in [5.74, 6) is 0.0711. The molecule has 0 unspecified atom stereocenters. The molecule has 1 atom stereocenters. The highest BCUT2D eigenvalue weighted by atomic mass is 19.1. The number of hydrogen-bond donors (Lipinski definition) is 2. The first kappa shape index (κ1) is 21.7. The lowest BCUT2D eigenvalue weighted by Gasteiger charge is -2.36. The van der Waals surface area contributed by atoms with Crippen molar-refractivity contribution >= 4 is 22.9 Å². The molecule has 0 aliphatic carbocycles. The van der Waals surface area contributed by atoms with Crippen LogP contribution in [0.2, 0.25) is 0 Å². The van der Waals surface area contributed by atoms with Crippen LogP contribution < -0.4 is 10.1 Å². The molecule has 0 bridgehead atoms. The molecule has 2 aromatic carbocycles. The minimum absolute atomic E-state index is 0.103. The average molecular weight is 439 g/mol. The van der Waals surface area contributed by atoms with Crippen molar-refractivity contribution in [2.45, 2.75) is 25.8 Å². The number of benzene rings is 2. The summed E-state index contributed by atoms with van der Waals surface area (Å²) in [6.07, 6.45) is 0.761. The van der Waals surface area contributed by atoms with E-state index in [9.17, 15) is 14.0 Å². The average Bonchev–Trinajstić information content (AvgIpc) is 3.17. The molecule has 1 aliphatic rings. The van der Waals surface area contributed by atoms with Crippen LogP contribution in [0.25, 0.3) is 10.9 Å². The number of rotatable bonds is 6. The second-order valence-electron chi connectivity index (χ2n) is 7.61. The Morgan fingerprint density at radius 3 is 2.72 bits per heavy atom. The van der Waals surface area contributed by atoms with E-state index in [1.54, 1.807) is 31.1 Å². The molecular formula is C24H26FN3O4. The Morgan fingerprint density at radius 2 is 2.00 bits per heavy atom. The molecule has 32 heavy (non-hydrogen) atoms. The lowest BCUT2D eigenvalue weighted by Crippen LogP contribution is -2.46. The number of fused-ring (bicyclic) bond motifs is 3. The molecule has 0 radical (unpaired) electrons. The van der Waals surface area contributed by atoms with Gasteiger partial charge in [0.1, 0.15) is 11.6 Å². The van der Waals surface area contributed by atoms with Crippen molar-refractivity contribution in [3.63, 3.8) is 0 Å². The minimum Gasteiger partial charge on any atom is -0.497 e. The molecule has 3 aromatic rings. The van der Waals surface area contributed by atoms with Gasteiger partial charge in [0.15, 0.2) is 0 Å². The number of amides is 2. The van der Waals surface area contributed by atoms with Crippen LogP contribution in [0, 0.1) is 5.82 Å². The van der Waals surface area contributed by atoms with Crippen LogP contribution in [0.1, 0.15) is 36.2 Å². The molecule has 1 aromatic heterocycles. The zero-order chi connectivity index (χ0) is 22.7. The van der Waals surface area contributed by atoms with Crippen molar-refractivity contribution in [2.75, 3.05) is 26.8 Å². The summed E-state index contributed by atoms with van der Waals surface area (Å²) < 4.78 is 23.9. The first-order valence-electron chi connectivity index (χ1n) is 10.7. The standard InChI is InChI=1S/C24H26FN3O4/c1-3-32-21(29)10-12-26-24(30)28-13-11-18-19-14-17(31-2)8-9-20(19)27-22(18)23(28)15-4-6-16(25)7-5-15/h4-9,14,23,27H,3,10-13H2,1-2H3,(H,26,30)/t23-/m0/s1. The second-order valence-corrected chi connectivity index (χ2v) is 7.61. The van der Waals surface area contributed by atoms with Crippen LogP contribution >= 0.6 is 0 Å². The number of carbonyl (C=O) groups is 2. The Balaban J connectivity index is 1.66. The summed E-state index contributed by atoms with van der Waals surface area (Å²) in [5, 5.41) is 3.86. The third-order valence-electron chi connectivity index (χ3n) is 5.69. The Labute approximate surface area is 185 Å². The third kappa shape index (κ3) is 4.26. The molecule has 168 valence electrons. The van der Waals surface area contributed by atoms with Crippen LogP contribution in [0.15, 0.2) is 42.5 Å². The Morgan fingerprint density at radius 1 is 1.22 bits per heavy atom. The molecule has 8 heteroatoms. The number of hydrogen-bond acceptors (Lipinski definition) is 4. The van der Waals surface area contributed by atoms with E-state index in [1.165, 1.54) is 12.1 Å². The van der Waals surface area contributed by atoms with Gasteiger partial charge in [0.05, 0.1) is 26.2 Å². The van der Waals surface area contributed by atoms with Crippen molar-refractivity contribution in [2.24, 2.45) is 0 Å². The number of aromatic amines is 1. The number of H-pyrrole nitrogens is 1.